The van der Waals surface area contributed by atoms with Gasteiger partial charge in [-0.15, -0.1) is 0 Å². The highest BCUT2D eigenvalue weighted by molar-refractivity contribution is 6.05. The fraction of sp³-hybridized carbons (Fsp3) is 0.333. The number of benzene rings is 2. The number of ketones is 1. The first-order chi connectivity index (χ1) is 21.1. The van der Waals surface area contributed by atoms with Crippen LogP contribution in [0.3, 0.4) is 0 Å². The van der Waals surface area contributed by atoms with Crippen molar-refractivity contribution in [3.63, 3.8) is 0 Å². The molecule has 1 atom stereocenters. The quantitative estimate of drug-likeness (QED) is 0.234. The number of ether oxygens (including phenoxy) is 1. The topological polar surface area (TPSA) is 137 Å². The van der Waals surface area contributed by atoms with Crippen LogP contribution in [0.2, 0.25) is 0 Å². The number of halogens is 3. The van der Waals surface area contributed by atoms with Crippen LogP contribution in [0.5, 0.6) is 5.75 Å². The molecule has 44 heavy (non-hydrogen) atoms. The normalized spacial score (nSPS) is 16.1. The summed E-state index contributed by atoms with van der Waals surface area (Å²) in [6, 6.07) is 7.73. The molecule has 0 bridgehead atoms. The number of rotatable bonds is 9. The van der Waals surface area contributed by atoms with Crippen LogP contribution >= 0.6 is 0 Å². The number of hydrogen-bond acceptors (Lipinski definition) is 8. The SMILES string of the molecule is CC(=O)CC1=Nc2ccc(CNC(=O)Nc3cc(C(F)(F)F)ccc3OCC3CCCN3c3ncnc4nc[nH]c34)cc2C1. The number of carbonyl (C=O) groups excluding carboxylic acids is 2. The maximum absolute atomic E-state index is 13.6. The molecule has 14 heteroatoms. The van der Waals surface area contributed by atoms with Gasteiger partial charge in [-0.1, -0.05) is 12.1 Å². The van der Waals surface area contributed by atoms with Crippen molar-refractivity contribution in [1.82, 2.24) is 25.3 Å². The van der Waals surface area contributed by atoms with Crippen LogP contribution < -0.4 is 20.3 Å². The van der Waals surface area contributed by atoms with Gasteiger partial charge in [0.1, 0.15) is 30.0 Å². The molecule has 2 amide bonds. The van der Waals surface area contributed by atoms with E-state index >= 15 is 0 Å². The highest BCUT2D eigenvalue weighted by Gasteiger charge is 2.32. The van der Waals surface area contributed by atoms with E-state index in [1.807, 2.05) is 12.1 Å². The molecule has 228 valence electrons. The van der Waals surface area contributed by atoms with Crippen LogP contribution in [0, 0.1) is 0 Å². The van der Waals surface area contributed by atoms with Gasteiger partial charge in [0.25, 0.3) is 0 Å². The number of nitrogens with one attached hydrogen (secondary N) is 3. The zero-order chi connectivity index (χ0) is 30.8. The van der Waals surface area contributed by atoms with Gasteiger partial charge >= 0.3 is 12.2 Å². The number of hydrogen-bond donors (Lipinski definition) is 3. The molecule has 1 fully saturated rings. The highest BCUT2D eigenvalue weighted by Crippen LogP contribution is 2.36. The summed E-state index contributed by atoms with van der Waals surface area (Å²) in [5.74, 6) is 0.828. The van der Waals surface area contributed by atoms with Crippen molar-refractivity contribution in [3.8, 4) is 5.75 Å². The predicted octanol–water partition coefficient (Wildman–Crippen LogP) is 5.35. The van der Waals surface area contributed by atoms with Gasteiger partial charge in [-0.3, -0.25) is 9.79 Å². The Balaban J connectivity index is 1.12. The number of imidazole rings is 1. The number of alkyl halides is 3. The Morgan fingerprint density at radius 1 is 1.14 bits per heavy atom. The predicted molar refractivity (Wildman–Crippen MR) is 157 cm³/mol. The summed E-state index contributed by atoms with van der Waals surface area (Å²) < 4.78 is 46.7. The standard InChI is InChI=1S/C30H29F3N8O3/c1-17(42)9-21-11-19-10-18(4-6-23(19)39-21)13-34-29(43)40-24-12-20(30(31,32)33)5-7-25(24)44-14-22-3-2-8-41(22)28-26-27(36-15-35-26)37-16-38-28/h4-7,10,12,15-16,22H,2-3,8-9,11,13-14H2,1H3,(H2,34,40,43)(H,35,36,37,38). The van der Waals surface area contributed by atoms with Crippen LogP contribution in [-0.4, -0.2) is 56.7 Å². The van der Waals surface area contributed by atoms with Gasteiger partial charge in [0, 0.05) is 31.6 Å². The van der Waals surface area contributed by atoms with Crippen LogP contribution in [0.25, 0.3) is 11.2 Å². The molecule has 1 unspecified atom stereocenters. The largest absolute Gasteiger partial charge is 0.489 e. The molecule has 3 N–H and O–H groups in total. The van der Waals surface area contributed by atoms with E-state index in [0.29, 0.717) is 36.4 Å². The Morgan fingerprint density at radius 3 is 2.82 bits per heavy atom. The summed E-state index contributed by atoms with van der Waals surface area (Å²) in [5.41, 5.74) is 3.53. The van der Waals surface area contributed by atoms with Crippen molar-refractivity contribution < 1.29 is 27.5 Å². The maximum Gasteiger partial charge on any atom is 0.416 e. The molecule has 0 radical (unpaired) electrons. The molecule has 1 saturated heterocycles. The third-order valence-electron chi connectivity index (χ3n) is 7.56. The van der Waals surface area contributed by atoms with Crippen LogP contribution in [0.1, 0.15) is 42.9 Å². The van der Waals surface area contributed by atoms with E-state index in [4.69, 9.17) is 4.74 Å². The Kier molecular flexibility index (Phi) is 7.89. The first-order valence-corrected chi connectivity index (χ1v) is 14.1. The average molecular weight is 607 g/mol. The second kappa shape index (κ2) is 11.9. The third-order valence-corrected chi connectivity index (χ3v) is 7.56. The number of urea groups is 1. The highest BCUT2D eigenvalue weighted by atomic mass is 19.4. The molecule has 2 aliphatic heterocycles. The van der Waals surface area contributed by atoms with Crippen LogP contribution in [0.15, 0.2) is 54.0 Å². The summed E-state index contributed by atoms with van der Waals surface area (Å²) >= 11 is 0. The van der Waals surface area contributed by atoms with Gasteiger partial charge in [0.05, 0.1) is 29.3 Å². The average Bonchev–Trinajstić information content (AvgIpc) is 3.73. The van der Waals surface area contributed by atoms with Crippen molar-refractivity contribution in [2.45, 2.75) is 51.4 Å². The van der Waals surface area contributed by atoms with E-state index in [1.54, 1.807) is 12.4 Å². The lowest BCUT2D eigenvalue weighted by atomic mass is 10.0. The summed E-state index contributed by atoms with van der Waals surface area (Å²) in [7, 11) is 0. The van der Waals surface area contributed by atoms with E-state index in [-0.39, 0.29) is 36.4 Å². The van der Waals surface area contributed by atoms with E-state index < -0.39 is 17.8 Å². The Hall–Kier alpha value is -5.01. The van der Waals surface area contributed by atoms with Crippen molar-refractivity contribution in [3.05, 3.63) is 65.7 Å². The fourth-order valence-corrected chi connectivity index (χ4v) is 5.54. The first-order valence-electron chi connectivity index (χ1n) is 14.1. The summed E-state index contributed by atoms with van der Waals surface area (Å²) in [6.07, 6.45) is 0.882. The van der Waals surface area contributed by atoms with E-state index in [9.17, 15) is 22.8 Å². The number of anilines is 2. The number of amides is 2. The molecule has 4 aromatic rings. The van der Waals surface area contributed by atoms with Crippen molar-refractivity contribution in [1.29, 1.82) is 0 Å². The van der Waals surface area contributed by atoms with Gasteiger partial charge in [-0.2, -0.15) is 13.2 Å². The molecule has 4 heterocycles. The lowest BCUT2D eigenvalue weighted by Gasteiger charge is -2.26. The number of nitrogens with zero attached hydrogens (tertiary/aromatic N) is 5. The number of aliphatic imine (C=N–C) groups is 1. The molecule has 2 aromatic carbocycles. The summed E-state index contributed by atoms with van der Waals surface area (Å²) in [4.78, 5) is 46.6. The fourth-order valence-electron chi connectivity index (χ4n) is 5.54. The maximum atomic E-state index is 13.6. The van der Waals surface area contributed by atoms with Crippen molar-refractivity contribution in [2.75, 3.05) is 23.4 Å². The van der Waals surface area contributed by atoms with Gasteiger partial charge in [-0.25, -0.2) is 19.7 Å². The monoisotopic (exact) mass is 606 g/mol. The Bertz CT molecular complexity index is 1750. The number of carbonyl (C=O) groups is 2. The number of aromatic nitrogens is 4. The molecular weight excluding hydrogens is 577 g/mol. The molecule has 2 aliphatic rings. The van der Waals surface area contributed by atoms with Crippen molar-refractivity contribution in [2.24, 2.45) is 4.99 Å². The number of H-pyrrole nitrogens is 1. The zero-order valence-electron chi connectivity index (χ0n) is 23.7. The first kappa shape index (κ1) is 29.1. The van der Waals surface area contributed by atoms with E-state index in [0.717, 1.165) is 47.5 Å². The Labute approximate surface area is 250 Å². The molecular formula is C30H29F3N8O3. The van der Waals surface area contributed by atoms with E-state index in [1.165, 1.54) is 19.3 Å². The number of Topliss-reactive ketones (excluding diaryl/α,β-unsaturated/α-hetero) is 1. The molecule has 6 rings (SSSR count). The molecule has 0 saturated carbocycles. The van der Waals surface area contributed by atoms with Crippen LogP contribution in [0.4, 0.5) is 35.2 Å². The molecule has 2 aromatic heterocycles. The van der Waals surface area contributed by atoms with Crippen molar-refractivity contribution >= 4 is 45.9 Å². The second-order valence-electron chi connectivity index (χ2n) is 10.8. The zero-order valence-corrected chi connectivity index (χ0v) is 23.7. The lowest BCUT2D eigenvalue weighted by Crippen LogP contribution is -2.35. The summed E-state index contributed by atoms with van der Waals surface area (Å²) in [5, 5.41) is 5.23. The molecule has 0 aliphatic carbocycles. The number of aromatic amines is 1. The van der Waals surface area contributed by atoms with Gasteiger partial charge in [0.15, 0.2) is 11.5 Å². The lowest BCUT2D eigenvalue weighted by molar-refractivity contribution is -0.137. The van der Waals surface area contributed by atoms with Gasteiger partial charge < -0.3 is 25.3 Å². The van der Waals surface area contributed by atoms with Gasteiger partial charge in [0.2, 0.25) is 0 Å². The molecule has 0 spiro atoms. The summed E-state index contributed by atoms with van der Waals surface area (Å²) in [6.45, 7) is 2.52. The van der Waals surface area contributed by atoms with E-state index in [2.05, 4.69) is 40.5 Å². The molecule has 11 nitrogen and oxygen atoms in total. The number of fused-ring (bicyclic) bond motifs is 2. The van der Waals surface area contributed by atoms with Crippen LogP contribution in [-0.2, 0) is 23.9 Å². The minimum absolute atomic E-state index is 0.0370. The minimum atomic E-state index is -4.61. The Morgan fingerprint density at radius 2 is 2.00 bits per heavy atom. The smallest absolute Gasteiger partial charge is 0.416 e. The minimum Gasteiger partial charge on any atom is -0.489 e. The van der Waals surface area contributed by atoms with Gasteiger partial charge in [-0.05, 0) is 55.2 Å². The second-order valence-corrected chi connectivity index (χ2v) is 10.8. The third kappa shape index (κ3) is 6.33.